The Bertz CT molecular complexity index is 410. The Kier molecular flexibility index (Phi) is 3.29. The van der Waals surface area contributed by atoms with Crippen molar-refractivity contribution in [2.45, 2.75) is 31.7 Å². The van der Waals surface area contributed by atoms with Crippen molar-refractivity contribution in [1.29, 1.82) is 0 Å². The first kappa shape index (κ1) is 10.5. The van der Waals surface area contributed by atoms with Crippen molar-refractivity contribution in [3.05, 3.63) is 44.2 Å². The number of nitrogens with zero attached hydrogens (tertiary/aromatic N) is 3. The van der Waals surface area contributed by atoms with E-state index in [1.807, 2.05) is 6.07 Å². The molecule has 1 aromatic rings. The van der Waals surface area contributed by atoms with Crippen LogP contribution < -0.4 is 0 Å². The van der Waals surface area contributed by atoms with E-state index in [2.05, 4.69) is 38.1 Å². The number of hydrogen-bond acceptors (Lipinski definition) is 1. The third-order valence-corrected chi connectivity index (χ3v) is 3.32. The zero-order valence-corrected chi connectivity index (χ0v) is 9.94. The van der Waals surface area contributed by atoms with E-state index in [0.717, 1.165) is 23.7 Å². The summed E-state index contributed by atoms with van der Waals surface area (Å²) in [6.07, 6.45) is 4.38. The Morgan fingerprint density at radius 2 is 2.27 bits per heavy atom. The number of halogens is 1. The maximum Gasteiger partial charge on any atom is 0.0628 e. The average molecular weight is 266 g/mol. The van der Waals surface area contributed by atoms with Gasteiger partial charge in [0.05, 0.1) is 6.04 Å². The van der Waals surface area contributed by atoms with Gasteiger partial charge in [-0.05, 0) is 48.1 Å². The highest BCUT2D eigenvalue weighted by molar-refractivity contribution is 9.10. The molecule has 0 spiro atoms. The molecule has 2 rings (SSSR count). The summed E-state index contributed by atoms with van der Waals surface area (Å²) < 4.78 is 1.10. The molecule has 0 N–H and O–H groups in total. The summed E-state index contributed by atoms with van der Waals surface area (Å²) in [6.45, 7) is 0. The van der Waals surface area contributed by atoms with Crippen molar-refractivity contribution in [3.63, 3.8) is 0 Å². The zero-order valence-electron chi connectivity index (χ0n) is 8.36. The number of hydrogen-bond donors (Lipinski definition) is 0. The van der Waals surface area contributed by atoms with E-state index in [9.17, 15) is 0 Å². The van der Waals surface area contributed by atoms with Gasteiger partial charge in [-0.3, -0.25) is 0 Å². The fourth-order valence-electron chi connectivity index (χ4n) is 2.11. The van der Waals surface area contributed by atoms with Gasteiger partial charge in [0.15, 0.2) is 0 Å². The second-order valence-electron chi connectivity index (χ2n) is 3.81. The van der Waals surface area contributed by atoms with Gasteiger partial charge in [-0.2, -0.15) is 0 Å². The molecule has 0 amide bonds. The molecule has 4 heteroatoms. The standard InChI is InChI=1S/C11H12BrN3/c12-9-5-6-10-8(7-9)3-1-2-4-11(10)14-15-13/h5-7,11H,1-4H2. The molecule has 0 bridgehead atoms. The Hall–Kier alpha value is -0.990. The van der Waals surface area contributed by atoms with Gasteiger partial charge in [0, 0.05) is 9.38 Å². The van der Waals surface area contributed by atoms with Gasteiger partial charge in [0.25, 0.3) is 0 Å². The molecule has 0 radical (unpaired) electrons. The minimum atomic E-state index is 0.0283. The van der Waals surface area contributed by atoms with Crippen molar-refractivity contribution in [3.8, 4) is 0 Å². The van der Waals surface area contributed by atoms with E-state index in [1.165, 1.54) is 17.5 Å². The highest BCUT2D eigenvalue weighted by Gasteiger charge is 2.17. The molecule has 0 saturated heterocycles. The molecule has 1 atom stereocenters. The van der Waals surface area contributed by atoms with Crippen LogP contribution in [0.15, 0.2) is 27.8 Å². The topological polar surface area (TPSA) is 48.8 Å². The van der Waals surface area contributed by atoms with Gasteiger partial charge in [-0.1, -0.05) is 33.5 Å². The summed E-state index contributed by atoms with van der Waals surface area (Å²) in [6, 6.07) is 6.26. The fourth-order valence-corrected chi connectivity index (χ4v) is 2.52. The van der Waals surface area contributed by atoms with Crippen molar-refractivity contribution >= 4 is 15.9 Å². The van der Waals surface area contributed by atoms with Crippen LogP contribution in [0.2, 0.25) is 0 Å². The molecule has 1 aliphatic carbocycles. The van der Waals surface area contributed by atoms with Crippen LogP contribution in [-0.4, -0.2) is 0 Å². The van der Waals surface area contributed by atoms with Crippen LogP contribution in [0.25, 0.3) is 10.4 Å². The van der Waals surface area contributed by atoms with Gasteiger partial charge in [-0.25, -0.2) is 0 Å². The second kappa shape index (κ2) is 4.69. The maximum atomic E-state index is 8.54. The fraction of sp³-hybridized carbons (Fsp3) is 0.455. The lowest BCUT2D eigenvalue weighted by Gasteiger charge is -2.11. The molecule has 1 aromatic carbocycles. The first-order chi connectivity index (χ1) is 7.31. The lowest BCUT2D eigenvalue weighted by atomic mass is 10.00. The Morgan fingerprint density at radius 1 is 1.40 bits per heavy atom. The number of benzene rings is 1. The lowest BCUT2D eigenvalue weighted by molar-refractivity contribution is 0.612. The van der Waals surface area contributed by atoms with Crippen LogP contribution in [0, 0.1) is 0 Å². The summed E-state index contributed by atoms with van der Waals surface area (Å²) in [5, 5.41) is 3.88. The summed E-state index contributed by atoms with van der Waals surface area (Å²) in [5.74, 6) is 0. The van der Waals surface area contributed by atoms with Crippen molar-refractivity contribution in [2.75, 3.05) is 0 Å². The number of fused-ring (bicyclic) bond motifs is 1. The van der Waals surface area contributed by atoms with Gasteiger partial charge >= 0.3 is 0 Å². The molecule has 0 aliphatic heterocycles. The van der Waals surface area contributed by atoms with Crippen LogP contribution in [0.1, 0.15) is 36.4 Å². The van der Waals surface area contributed by atoms with E-state index in [1.54, 1.807) is 0 Å². The van der Waals surface area contributed by atoms with Crippen molar-refractivity contribution in [1.82, 2.24) is 0 Å². The van der Waals surface area contributed by atoms with Gasteiger partial charge in [-0.15, -0.1) is 0 Å². The van der Waals surface area contributed by atoms with Crippen LogP contribution in [0.4, 0.5) is 0 Å². The predicted molar refractivity (Wildman–Crippen MR) is 63.6 cm³/mol. The number of aryl methyl sites for hydroxylation is 1. The molecule has 78 valence electrons. The third-order valence-electron chi connectivity index (χ3n) is 2.83. The molecule has 3 nitrogen and oxygen atoms in total. The maximum absolute atomic E-state index is 8.54. The largest absolute Gasteiger partial charge is 0.0859 e. The second-order valence-corrected chi connectivity index (χ2v) is 4.73. The van der Waals surface area contributed by atoms with Gasteiger partial charge in [0.1, 0.15) is 0 Å². The molecule has 1 aliphatic rings. The molecular formula is C11H12BrN3. The molecule has 15 heavy (non-hydrogen) atoms. The molecule has 0 aromatic heterocycles. The van der Waals surface area contributed by atoms with Gasteiger partial charge in [0.2, 0.25) is 0 Å². The molecule has 1 unspecified atom stereocenters. The first-order valence-electron chi connectivity index (χ1n) is 5.14. The lowest BCUT2D eigenvalue weighted by Crippen LogP contribution is -1.96. The highest BCUT2D eigenvalue weighted by Crippen LogP contribution is 2.33. The van der Waals surface area contributed by atoms with E-state index in [-0.39, 0.29) is 6.04 Å². The van der Waals surface area contributed by atoms with Crippen LogP contribution in [0.3, 0.4) is 0 Å². The van der Waals surface area contributed by atoms with Crippen LogP contribution >= 0.6 is 15.9 Å². The highest BCUT2D eigenvalue weighted by atomic mass is 79.9. The Labute approximate surface area is 97.3 Å². The first-order valence-corrected chi connectivity index (χ1v) is 5.93. The quantitative estimate of drug-likeness (QED) is 0.310. The summed E-state index contributed by atoms with van der Waals surface area (Å²) in [5.41, 5.74) is 11.1. The Morgan fingerprint density at radius 3 is 3.07 bits per heavy atom. The van der Waals surface area contributed by atoms with E-state index < -0.39 is 0 Å². The van der Waals surface area contributed by atoms with Crippen LogP contribution in [-0.2, 0) is 6.42 Å². The predicted octanol–water partition coefficient (Wildman–Crippen LogP) is 4.53. The third kappa shape index (κ3) is 2.33. The van der Waals surface area contributed by atoms with Crippen LogP contribution in [0.5, 0.6) is 0 Å². The zero-order chi connectivity index (χ0) is 10.7. The monoisotopic (exact) mass is 265 g/mol. The van der Waals surface area contributed by atoms with Gasteiger partial charge < -0.3 is 0 Å². The van der Waals surface area contributed by atoms with E-state index in [0.29, 0.717) is 0 Å². The van der Waals surface area contributed by atoms with Crippen molar-refractivity contribution in [2.24, 2.45) is 5.11 Å². The Balaban J connectivity index is 2.44. The smallest absolute Gasteiger partial charge is 0.0628 e. The molecule has 0 saturated carbocycles. The summed E-state index contributed by atoms with van der Waals surface area (Å²) >= 11 is 3.47. The normalized spacial score (nSPS) is 19.9. The SMILES string of the molecule is [N-]=[N+]=NC1CCCCc2cc(Br)ccc21. The van der Waals surface area contributed by atoms with E-state index >= 15 is 0 Å². The minimum absolute atomic E-state index is 0.0283. The molecular weight excluding hydrogens is 254 g/mol. The average Bonchev–Trinajstić information content (AvgIpc) is 2.41. The molecule has 0 fully saturated rings. The van der Waals surface area contributed by atoms with E-state index in [4.69, 9.17) is 5.53 Å². The summed E-state index contributed by atoms with van der Waals surface area (Å²) in [4.78, 5) is 2.94. The minimum Gasteiger partial charge on any atom is -0.0859 e. The summed E-state index contributed by atoms with van der Waals surface area (Å²) in [7, 11) is 0. The number of rotatable bonds is 1. The molecule has 0 heterocycles. The van der Waals surface area contributed by atoms with Crippen molar-refractivity contribution < 1.29 is 0 Å². The number of azide groups is 1.